The zero-order valence-electron chi connectivity index (χ0n) is 15.8. The zero-order chi connectivity index (χ0) is 18.9. The number of carbonyl (C=O) groups excluding carboxylic acids is 2. The van der Waals surface area contributed by atoms with Crippen molar-refractivity contribution in [3.8, 4) is 0 Å². The van der Waals surface area contributed by atoms with E-state index in [0.29, 0.717) is 12.3 Å². The molecule has 4 aliphatic rings. The molecule has 0 aromatic heterocycles. The molecule has 0 aromatic rings. The molecular weight excluding hydrogens is 328 g/mol. The van der Waals surface area contributed by atoms with Crippen LogP contribution in [0.25, 0.3) is 0 Å². The van der Waals surface area contributed by atoms with Gasteiger partial charge in [-0.1, -0.05) is 37.1 Å². The van der Waals surface area contributed by atoms with Crippen molar-refractivity contribution < 1.29 is 19.8 Å². The van der Waals surface area contributed by atoms with Crippen LogP contribution in [-0.4, -0.2) is 34.0 Å². The lowest BCUT2D eigenvalue weighted by molar-refractivity contribution is -0.161. The molecule has 0 saturated heterocycles. The molecule has 0 spiro atoms. The molecule has 4 heteroatoms. The highest BCUT2D eigenvalue weighted by Crippen LogP contribution is 2.66. The van der Waals surface area contributed by atoms with Crippen LogP contribution in [-0.2, 0) is 9.59 Å². The average molecular weight is 356 g/mol. The van der Waals surface area contributed by atoms with Gasteiger partial charge in [0.15, 0.2) is 11.6 Å². The Morgan fingerprint density at radius 3 is 2.77 bits per heavy atom. The van der Waals surface area contributed by atoms with Gasteiger partial charge in [-0.05, 0) is 62.5 Å². The third-order valence-corrected chi connectivity index (χ3v) is 8.10. The molecule has 0 heterocycles. The van der Waals surface area contributed by atoms with Crippen molar-refractivity contribution in [1.29, 1.82) is 0 Å². The van der Waals surface area contributed by atoms with Gasteiger partial charge in [-0.2, -0.15) is 0 Å². The summed E-state index contributed by atoms with van der Waals surface area (Å²) in [5.41, 5.74) is 0.289. The molecule has 0 aromatic carbocycles. The van der Waals surface area contributed by atoms with Crippen molar-refractivity contribution >= 4 is 11.6 Å². The summed E-state index contributed by atoms with van der Waals surface area (Å²) in [6, 6.07) is 0. The van der Waals surface area contributed by atoms with E-state index >= 15 is 0 Å². The molecular formula is C22H28O4. The van der Waals surface area contributed by atoms with E-state index in [1.165, 1.54) is 11.1 Å². The predicted octanol–water partition coefficient (Wildman–Crippen LogP) is 2.75. The van der Waals surface area contributed by atoms with E-state index in [0.717, 1.165) is 19.3 Å². The quantitative estimate of drug-likeness (QED) is 0.746. The summed E-state index contributed by atoms with van der Waals surface area (Å²) in [7, 11) is 0. The highest BCUT2D eigenvalue weighted by Gasteiger charge is 2.66. The van der Waals surface area contributed by atoms with Crippen LogP contribution in [0.5, 0.6) is 0 Å². The number of hydrogen-bond acceptors (Lipinski definition) is 4. The van der Waals surface area contributed by atoms with Crippen LogP contribution in [0.4, 0.5) is 0 Å². The summed E-state index contributed by atoms with van der Waals surface area (Å²) >= 11 is 0. The fourth-order valence-corrected chi connectivity index (χ4v) is 6.58. The topological polar surface area (TPSA) is 74.6 Å². The first-order valence-electron chi connectivity index (χ1n) is 9.70. The second-order valence-corrected chi connectivity index (χ2v) is 9.12. The second-order valence-electron chi connectivity index (χ2n) is 9.12. The fourth-order valence-electron chi connectivity index (χ4n) is 6.58. The summed E-state index contributed by atoms with van der Waals surface area (Å²) in [4.78, 5) is 24.3. The molecule has 0 amide bonds. The summed E-state index contributed by atoms with van der Waals surface area (Å²) in [5, 5.41) is 20.9. The van der Waals surface area contributed by atoms with Crippen LogP contribution >= 0.6 is 0 Å². The summed E-state index contributed by atoms with van der Waals surface area (Å²) in [5.74, 6) is -0.0376. The highest BCUT2D eigenvalue weighted by molar-refractivity contribution is 6.01. The van der Waals surface area contributed by atoms with Gasteiger partial charge in [-0.25, -0.2) is 0 Å². The van der Waals surface area contributed by atoms with Gasteiger partial charge in [-0.3, -0.25) is 9.59 Å². The van der Waals surface area contributed by atoms with E-state index in [4.69, 9.17) is 0 Å². The summed E-state index contributed by atoms with van der Waals surface area (Å²) in [6.07, 6.45) is 10.9. The number of aliphatic hydroxyl groups excluding tert-OH is 1. The standard InChI is InChI=1S/C22H28O4/c1-13-10-18-16-5-4-14-11-15(24)6-8-20(14,2)17(16)7-9-21(18,3)22(13,26)19(25)12-23/h6-8,11,13,16,18,23,26H,4-5,9-10,12H2,1-3H3/t13-,16?,18?,20+,21+,22?/m1/s1. The molecule has 2 N–H and O–H groups in total. The first-order valence-corrected chi connectivity index (χ1v) is 9.70. The van der Waals surface area contributed by atoms with Gasteiger partial charge >= 0.3 is 0 Å². The molecule has 4 rings (SSSR count). The summed E-state index contributed by atoms with van der Waals surface area (Å²) in [6.45, 7) is 5.54. The Bertz CT molecular complexity index is 775. The highest BCUT2D eigenvalue weighted by atomic mass is 16.3. The molecule has 0 aliphatic heterocycles. The maximum atomic E-state index is 12.5. The van der Waals surface area contributed by atoms with Gasteiger partial charge in [0.2, 0.25) is 0 Å². The molecule has 140 valence electrons. The van der Waals surface area contributed by atoms with Crippen molar-refractivity contribution in [1.82, 2.24) is 0 Å². The molecule has 2 saturated carbocycles. The minimum atomic E-state index is -1.47. The number of carbonyl (C=O) groups is 2. The molecule has 4 aliphatic carbocycles. The first kappa shape index (κ1) is 17.9. The minimum absolute atomic E-state index is 0.0644. The van der Waals surface area contributed by atoms with Crippen LogP contribution in [0.1, 0.15) is 46.5 Å². The molecule has 6 atom stereocenters. The third-order valence-electron chi connectivity index (χ3n) is 8.10. The Morgan fingerprint density at radius 2 is 2.08 bits per heavy atom. The summed E-state index contributed by atoms with van der Waals surface area (Å²) < 4.78 is 0. The van der Waals surface area contributed by atoms with Gasteiger partial charge in [0.25, 0.3) is 0 Å². The molecule has 4 nitrogen and oxygen atoms in total. The van der Waals surface area contributed by atoms with Crippen molar-refractivity contribution in [2.75, 3.05) is 6.61 Å². The molecule has 0 bridgehead atoms. The Kier molecular flexibility index (Phi) is 3.78. The van der Waals surface area contributed by atoms with Gasteiger partial charge in [0.05, 0.1) is 0 Å². The van der Waals surface area contributed by atoms with Gasteiger partial charge in [0, 0.05) is 10.8 Å². The largest absolute Gasteiger partial charge is 0.388 e. The molecule has 2 fully saturated rings. The monoisotopic (exact) mass is 356 g/mol. The maximum absolute atomic E-state index is 12.5. The zero-order valence-corrected chi connectivity index (χ0v) is 15.8. The van der Waals surface area contributed by atoms with Gasteiger partial charge < -0.3 is 10.2 Å². The van der Waals surface area contributed by atoms with E-state index in [9.17, 15) is 19.8 Å². The van der Waals surface area contributed by atoms with Crippen LogP contribution in [0.15, 0.2) is 35.5 Å². The van der Waals surface area contributed by atoms with Crippen LogP contribution in [0.2, 0.25) is 0 Å². The lowest BCUT2D eigenvalue weighted by Crippen LogP contribution is -2.57. The number of rotatable bonds is 2. The number of Topliss-reactive ketones (excluding diaryl/α,β-unsaturated/α-hetero) is 1. The average Bonchev–Trinajstić information content (AvgIpc) is 2.83. The van der Waals surface area contributed by atoms with Gasteiger partial charge in [-0.15, -0.1) is 0 Å². The fraction of sp³-hybridized carbons (Fsp3) is 0.636. The number of ketones is 2. The lowest BCUT2D eigenvalue weighted by atomic mass is 9.51. The van der Waals surface area contributed by atoms with Crippen molar-refractivity contribution in [3.63, 3.8) is 0 Å². The molecule has 3 unspecified atom stereocenters. The lowest BCUT2D eigenvalue weighted by Gasteiger charge is -2.53. The number of hydrogen-bond donors (Lipinski definition) is 2. The Balaban J connectivity index is 1.79. The number of allylic oxidation sites excluding steroid dienone is 6. The maximum Gasteiger partial charge on any atom is 0.190 e. The Morgan fingerprint density at radius 1 is 1.35 bits per heavy atom. The normalized spacial score (nSPS) is 46.8. The molecule has 0 radical (unpaired) electrons. The van der Waals surface area contributed by atoms with Crippen LogP contribution in [0.3, 0.4) is 0 Å². The first-order chi connectivity index (χ1) is 12.2. The smallest absolute Gasteiger partial charge is 0.190 e. The van der Waals surface area contributed by atoms with Crippen LogP contribution < -0.4 is 0 Å². The Hall–Kier alpha value is -1.52. The van der Waals surface area contributed by atoms with E-state index in [1.807, 2.05) is 19.9 Å². The van der Waals surface area contributed by atoms with Crippen molar-refractivity contribution in [3.05, 3.63) is 35.5 Å². The second kappa shape index (κ2) is 5.49. The SMILES string of the molecule is C[C@@H]1CC2C3CCC4=CC(=O)C=C[C@]4(C)C3=CC[C@]2(C)C1(O)C(=O)CO. The van der Waals surface area contributed by atoms with E-state index in [1.54, 1.807) is 12.2 Å². The van der Waals surface area contributed by atoms with Crippen molar-refractivity contribution in [2.45, 2.75) is 52.1 Å². The Labute approximate surface area is 154 Å². The van der Waals surface area contributed by atoms with Gasteiger partial charge in [0.1, 0.15) is 12.2 Å². The minimum Gasteiger partial charge on any atom is -0.388 e. The van der Waals surface area contributed by atoms with E-state index in [-0.39, 0.29) is 23.0 Å². The van der Waals surface area contributed by atoms with E-state index < -0.39 is 23.4 Å². The van der Waals surface area contributed by atoms with Crippen molar-refractivity contribution in [2.24, 2.45) is 28.6 Å². The van der Waals surface area contributed by atoms with Crippen LogP contribution in [0, 0.1) is 28.6 Å². The van der Waals surface area contributed by atoms with E-state index in [2.05, 4.69) is 13.0 Å². The third kappa shape index (κ3) is 1.97. The predicted molar refractivity (Wildman–Crippen MR) is 98.2 cm³/mol. The molecule has 26 heavy (non-hydrogen) atoms. The number of aliphatic hydroxyl groups is 2. The number of fused-ring (bicyclic) bond motifs is 5.